The summed E-state index contributed by atoms with van der Waals surface area (Å²) in [6.07, 6.45) is -9.69. The van der Waals surface area contributed by atoms with Crippen LogP contribution in [0.3, 0.4) is 0 Å². The van der Waals surface area contributed by atoms with Crippen LogP contribution in [0, 0.1) is 0 Å². The molecule has 0 aromatic carbocycles. The molecule has 162 valence electrons. The summed E-state index contributed by atoms with van der Waals surface area (Å²) in [5.41, 5.74) is -8.42. The lowest BCUT2D eigenvalue weighted by Crippen LogP contribution is -2.31. The van der Waals surface area contributed by atoms with Gasteiger partial charge in [0.05, 0.1) is 0 Å². The largest absolute Gasteiger partial charge is 0.436 e. The van der Waals surface area contributed by atoms with E-state index in [0.717, 1.165) is 12.8 Å². The fourth-order valence-corrected chi connectivity index (χ4v) is 1.24. The zero-order chi connectivity index (χ0) is 22.0. The summed E-state index contributed by atoms with van der Waals surface area (Å²) in [6, 6.07) is 0. The quantitative estimate of drug-likeness (QED) is 0.275. The maximum atomic E-state index is 11.5. The maximum Gasteiger partial charge on any atom is 0.436 e. The van der Waals surface area contributed by atoms with Crippen molar-refractivity contribution in [1.29, 1.82) is 0 Å². The van der Waals surface area contributed by atoms with Gasteiger partial charge in [-0.3, -0.25) is 9.11 Å². The van der Waals surface area contributed by atoms with E-state index in [9.17, 15) is 52.0 Å². The Labute approximate surface area is 141 Å². The lowest BCUT2D eigenvalue weighted by molar-refractivity contribution is -0.158. The van der Waals surface area contributed by atoms with Crippen molar-refractivity contribution in [2.45, 2.75) is 36.2 Å². The molecule has 4 N–H and O–H groups in total. The average Bonchev–Trinajstić information content (AvgIpc) is 2.41. The second-order valence-corrected chi connectivity index (χ2v) is 6.79. The zero-order valence-electron chi connectivity index (χ0n) is 12.2. The van der Waals surface area contributed by atoms with Gasteiger partial charge >= 0.3 is 43.6 Å². The molecular weight excluding hydrogens is 440 g/mol. The van der Waals surface area contributed by atoms with Gasteiger partial charge in [0.25, 0.3) is 0 Å². The molecule has 0 aliphatic heterocycles. The van der Waals surface area contributed by atoms with Crippen LogP contribution in [0.15, 0.2) is 0 Å². The van der Waals surface area contributed by atoms with Crippen LogP contribution < -0.4 is 0 Å². The number of aliphatic hydroxyl groups is 2. The minimum Gasteiger partial charge on any atom is -0.396 e. The van der Waals surface area contributed by atoms with Crippen molar-refractivity contribution in [2.24, 2.45) is 0 Å². The van der Waals surface area contributed by atoms with Crippen molar-refractivity contribution in [1.82, 2.24) is 0 Å². The van der Waals surface area contributed by atoms with Gasteiger partial charge in [-0.15, -0.1) is 0 Å². The Bertz CT molecular complexity index is 518. The van der Waals surface area contributed by atoms with Gasteiger partial charge in [0, 0.05) is 13.2 Å². The Kier molecular flexibility index (Phi) is 13.6. The first-order chi connectivity index (χ1) is 11.2. The zero-order valence-corrected chi connectivity index (χ0v) is 13.9. The summed E-state index contributed by atoms with van der Waals surface area (Å²) in [5, 5.41) is 16.2. The van der Waals surface area contributed by atoms with Gasteiger partial charge in [-0.1, -0.05) is 0 Å². The van der Waals surface area contributed by atoms with E-state index in [-0.39, 0.29) is 13.2 Å². The van der Waals surface area contributed by atoms with E-state index in [1.54, 1.807) is 0 Å². The Morgan fingerprint density at radius 2 is 0.846 bits per heavy atom. The van der Waals surface area contributed by atoms with Crippen LogP contribution in [0.4, 0.5) is 35.1 Å². The van der Waals surface area contributed by atoms with Gasteiger partial charge in [0.15, 0.2) is 0 Å². The second-order valence-electron chi connectivity index (χ2n) is 3.90. The topological polar surface area (TPSA) is 149 Å². The number of halogens is 8. The summed E-state index contributed by atoms with van der Waals surface area (Å²) >= 11 is 0. The summed E-state index contributed by atoms with van der Waals surface area (Å²) in [7, 11) is -11.3. The SMILES string of the molecule is O=S(=O)(O)C(F)C(F)(F)F.O=S(=O)(O)C(F)C(F)(F)F.OCCCCO. The Hall–Kier alpha value is -0.820. The first kappa shape index (κ1) is 29.9. The fourth-order valence-electron chi connectivity index (χ4n) is 0.561. The third-order valence-electron chi connectivity index (χ3n) is 1.60. The minimum absolute atomic E-state index is 0.195. The molecule has 0 heterocycles. The first-order valence-electron chi connectivity index (χ1n) is 5.78. The first-order valence-corrected chi connectivity index (χ1v) is 8.79. The molecule has 0 aromatic heterocycles. The summed E-state index contributed by atoms with van der Waals surface area (Å²) in [4.78, 5) is 0. The smallest absolute Gasteiger partial charge is 0.396 e. The molecule has 26 heavy (non-hydrogen) atoms. The van der Waals surface area contributed by atoms with Gasteiger partial charge in [-0.25, -0.2) is 8.78 Å². The molecule has 0 saturated carbocycles. The number of rotatable bonds is 5. The number of alkyl halides is 8. The lowest BCUT2D eigenvalue weighted by atomic mass is 10.3. The van der Waals surface area contributed by atoms with E-state index >= 15 is 0 Å². The number of hydrogen-bond donors (Lipinski definition) is 4. The molecule has 0 bridgehead atoms. The fraction of sp³-hybridized carbons (Fsp3) is 1.00. The van der Waals surface area contributed by atoms with Gasteiger partial charge in [-0.2, -0.15) is 43.2 Å². The highest BCUT2D eigenvalue weighted by atomic mass is 32.2. The van der Waals surface area contributed by atoms with Gasteiger partial charge in [0.2, 0.25) is 0 Å². The molecule has 2 atom stereocenters. The highest BCUT2D eigenvalue weighted by Crippen LogP contribution is 2.26. The third kappa shape index (κ3) is 16.6. The molecule has 0 rings (SSSR count). The molecule has 18 heteroatoms. The van der Waals surface area contributed by atoms with E-state index in [0.29, 0.717) is 0 Å². The van der Waals surface area contributed by atoms with Crippen LogP contribution in [0.25, 0.3) is 0 Å². The third-order valence-corrected chi connectivity index (χ3v) is 3.18. The molecule has 0 aliphatic rings. The standard InChI is InChI=1S/C4H10O2.2C2H2F4O3S/c5-3-1-2-4-6;2*3-1(2(4,5)6)10(7,8)9/h5-6H,1-4H2;2*1H,(H,7,8,9). The van der Waals surface area contributed by atoms with Crippen molar-refractivity contribution >= 4 is 20.2 Å². The highest BCUT2D eigenvalue weighted by Gasteiger charge is 2.49. The van der Waals surface area contributed by atoms with Crippen LogP contribution in [0.2, 0.25) is 0 Å². The lowest BCUT2D eigenvalue weighted by Gasteiger charge is -2.07. The van der Waals surface area contributed by atoms with Gasteiger partial charge < -0.3 is 10.2 Å². The van der Waals surface area contributed by atoms with Crippen LogP contribution in [-0.4, -0.2) is 72.7 Å². The van der Waals surface area contributed by atoms with E-state index < -0.39 is 43.6 Å². The Morgan fingerprint density at radius 3 is 0.885 bits per heavy atom. The molecule has 0 saturated heterocycles. The van der Waals surface area contributed by atoms with Crippen LogP contribution in [0.5, 0.6) is 0 Å². The highest BCUT2D eigenvalue weighted by molar-refractivity contribution is 7.86. The van der Waals surface area contributed by atoms with Gasteiger partial charge in [-0.05, 0) is 12.8 Å². The van der Waals surface area contributed by atoms with Gasteiger partial charge in [0.1, 0.15) is 0 Å². The number of hydrogen-bond acceptors (Lipinski definition) is 6. The predicted molar refractivity (Wildman–Crippen MR) is 68.4 cm³/mol. The van der Waals surface area contributed by atoms with Crippen LogP contribution in [0.1, 0.15) is 12.8 Å². The van der Waals surface area contributed by atoms with Crippen molar-refractivity contribution in [2.75, 3.05) is 13.2 Å². The molecule has 0 radical (unpaired) electrons. The normalized spacial score (nSPS) is 15.1. The van der Waals surface area contributed by atoms with Crippen molar-refractivity contribution in [3.63, 3.8) is 0 Å². The molecule has 0 aromatic rings. The molecule has 0 spiro atoms. The molecule has 2 unspecified atom stereocenters. The van der Waals surface area contributed by atoms with E-state index in [1.165, 1.54) is 0 Å². The predicted octanol–water partition coefficient (Wildman–Crippen LogP) is 1.22. The monoisotopic (exact) mass is 454 g/mol. The van der Waals surface area contributed by atoms with Crippen LogP contribution >= 0.6 is 0 Å². The molecule has 0 amide bonds. The second kappa shape index (κ2) is 11.8. The Morgan fingerprint density at radius 1 is 0.654 bits per heavy atom. The van der Waals surface area contributed by atoms with E-state index in [4.69, 9.17) is 19.3 Å². The summed E-state index contributed by atoms with van der Waals surface area (Å²) in [5.74, 6) is 0. The number of aliphatic hydroxyl groups excluding tert-OH is 2. The molecule has 0 fully saturated rings. The van der Waals surface area contributed by atoms with Crippen molar-refractivity contribution < 1.29 is 71.3 Å². The maximum absolute atomic E-state index is 11.5. The molecule has 8 nitrogen and oxygen atoms in total. The van der Waals surface area contributed by atoms with E-state index in [2.05, 4.69) is 0 Å². The number of unbranched alkanes of at least 4 members (excludes halogenated alkanes) is 1. The molecular formula is C8H14F8O8S2. The Balaban J connectivity index is -0.000000316. The average molecular weight is 454 g/mol. The summed E-state index contributed by atoms with van der Waals surface area (Å²) in [6.45, 7) is 0.390. The van der Waals surface area contributed by atoms with Crippen molar-refractivity contribution in [3.05, 3.63) is 0 Å². The van der Waals surface area contributed by atoms with Crippen molar-refractivity contribution in [3.8, 4) is 0 Å². The molecule has 0 aliphatic carbocycles. The summed E-state index contributed by atoms with van der Waals surface area (Å²) < 4.78 is 142. The van der Waals surface area contributed by atoms with E-state index in [1.807, 2.05) is 0 Å². The van der Waals surface area contributed by atoms with Crippen LogP contribution in [-0.2, 0) is 20.2 Å². The minimum atomic E-state index is -5.65.